The van der Waals surface area contributed by atoms with E-state index in [1.165, 1.54) is 22.8 Å². The highest BCUT2D eigenvalue weighted by atomic mass is 16.4. The number of benzene rings is 1. The van der Waals surface area contributed by atoms with E-state index in [2.05, 4.69) is 45.9 Å². The second kappa shape index (κ2) is 5.17. The molecule has 92 valence electrons. The molecule has 0 heterocycles. The first-order chi connectivity index (χ1) is 7.80. The predicted molar refractivity (Wildman–Crippen MR) is 70.4 cm³/mol. The maximum absolute atomic E-state index is 10.4. The Morgan fingerprint density at radius 1 is 1.35 bits per heavy atom. The van der Waals surface area contributed by atoms with E-state index in [1.54, 1.807) is 6.08 Å². The van der Waals surface area contributed by atoms with Crippen molar-refractivity contribution in [1.29, 1.82) is 0 Å². The summed E-state index contributed by atoms with van der Waals surface area (Å²) in [6, 6.07) is 6.41. The number of carboxylic acid groups (broad SMARTS) is 1. The second-order valence-electron chi connectivity index (χ2n) is 5.34. The summed E-state index contributed by atoms with van der Waals surface area (Å²) in [6.45, 7) is 8.58. The lowest BCUT2D eigenvalue weighted by atomic mass is 9.85. The van der Waals surface area contributed by atoms with Gasteiger partial charge in [-0.05, 0) is 35.4 Å². The molecule has 0 unspecified atom stereocenters. The fourth-order valence-corrected chi connectivity index (χ4v) is 1.64. The van der Waals surface area contributed by atoms with Gasteiger partial charge in [0.05, 0.1) is 0 Å². The van der Waals surface area contributed by atoms with E-state index in [9.17, 15) is 4.79 Å². The molecule has 1 N–H and O–H groups in total. The third kappa shape index (κ3) is 4.06. The maximum Gasteiger partial charge on any atom is 0.327 e. The van der Waals surface area contributed by atoms with Gasteiger partial charge in [-0.15, -0.1) is 0 Å². The number of aliphatic carboxylic acids is 1. The second-order valence-corrected chi connectivity index (χ2v) is 5.34. The van der Waals surface area contributed by atoms with Crippen molar-refractivity contribution in [2.24, 2.45) is 0 Å². The van der Waals surface area contributed by atoms with Gasteiger partial charge in [-0.2, -0.15) is 0 Å². The van der Waals surface area contributed by atoms with Gasteiger partial charge in [0.15, 0.2) is 0 Å². The van der Waals surface area contributed by atoms with Crippen LogP contribution in [0.25, 0.3) is 0 Å². The molecule has 0 saturated carbocycles. The Labute approximate surface area is 103 Å². The quantitative estimate of drug-likeness (QED) is 0.810. The molecule has 2 nitrogen and oxygen atoms in total. The van der Waals surface area contributed by atoms with Crippen molar-refractivity contribution in [2.45, 2.75) is 39.5 Å². The van der Waals surface area contributed by atoms with Crippen molar-refractivity contribution in [1.82, 2.24) is 0 Å². The van der Waals surface area contributed by atoms with E-state index in [1.807, 2.05) is 0 Å². The number of aryl methyl sites for hydroxylation is 1. The van der Waals surface area contributed by atoms with Gasteiger partial charge in [0, 0.05) is 6.08 Å². The molecule has 0 spiro atoms. The first-order valence-electron chi connectivity index (χ1n) is 5.80. The topological polar surface area (TPSA) is 37.3 Å². The van der Waals surface area contributed by atoms with E-state index in [4.69, 9.17) is 5.11 Å². The zero-order chi connectivity index (χ0) is 13.1. The normalized spacial score (nSPS) is 12.0. The first-order valence-corrected chi connectivity index (χ1v) is 5.80. The lowest BCUT2D eigenvalue weighted by Gasteiger charge is -2.20. The Hall–Kier alpha value is -1.57. The lowest BCUT2D eigenvalue weighted by molar-refractivity contribution is -0.131. The molecule has 0 aliphatic heterocycles. The average molecular weight is 232 g/mol. The SMILES string of the molecule is Cc1ccc(C(C)(C)C)cc1C/C=C/C(=O)O. The third-order valence-electron chi connectivity index (χ3n) is 2.81. The van der Waals surface area contributed by atoms with Gasteiger partial charge in [0.2, 0.25) is 0 Å². The molecule has 2 heteroatoms. The number of hydrogen-bond donors (Lipinski definition) is 1. The molecule has 0 fully saturated rings. The van der Waals surface area contributed by atoms with E-state index in [0.29, 0.717) is 6.42 Å². The van der Waals surface area contributed by atoms with E-state index < -0.39 is 5.97 Å². The van der Waals surface area contributed by atoms with E-state index >= 15 is 0 Å². The summed E-state index contributed by atoms with van der Waals surface area (Å²) in [5.74, 6) is -0.894. The van der Waals surface area contributed by atoms with Crippen LogP contribution in [0.4, 0.5) is 0 Å². The summed E-state index contributed by atoms with van der Waals surface area (Å²) in [5.41, 5.74) is 3.80. The Balaban J connectivity index is 2.95. The minimum absolute atomic E-state index is 0.124. The molecule has 1 aromatic rings. The summed E-state index contributed by atoms with van der Waals surface area (Å²) in [5, 5.41) is 8.56. The summed E-state index contributed by atoms with van der Waals surface area (Å²) in [6.07, 6.45) is 3.56. The van der Waals surface area contributed by atoms with Crippen LogP contribution >= 0.6 is 0 Å². The molecule has 1 rings (SSSR count). The molecule has 0 bridgehead atoms. The molecule has 0 amide bonds. The van der Waals surface area contributed by atoms with Crippen LogP contribution in [0.2, 0.25) is 0 Å². The zero-order valence-electron chi connectivity index (χ0n) is 10.9. The average Bonchev–Trinajstić information content (AvgIpc) is 2.18. The molecular weight excluding hydrogens is 212 g/mol. The Morgan fingerprint density at radius 3 is 2.53 bits per heavy atom. The van der Waals surface area contributed by atoms with Gasteiger partial charge in [0.1, 0.15) is 0 Å². The molecule has 0 saturated heterocycles. The number of allylic oxidation sites excluding steroid dienone is 1. The molecule has 17 heavy (non-hydrogen) atoms. The number of carbonyl (C=O) groups is 1. The Kier molecular flexibility index (Phi) is 4.11. The van der Waals surface area contributed by atoms with Crippen LogP contribution < -0.4 is 0 Å². The Bertz CT molecular complexity index is 437. The van der Waals surface area contributed by atoms with Gasteiger partial charge in [-0.3, -0.25) is 0 Å². The van der Waals surface area contributed by atoms with Crippen molar-refractivity contribution >= 4 is 5.97 Å². The molecule has 0 atom stereocenters. The highest BCUT2D eigenvalue weighted by Crippen LogP contribution is 2.24. The fraction of sp³-hybridized carbons (Fsp3) is 0.400. The van der Waals surface area contributed by atoms with Gasteiger partial charge in [-0.1, -0.05) is 45.0 Å². The third-order valence-corrected chi connectivity index (χ3v) is 2.81. The van der Waals surface area contributed by atoms with Crippen molar-refractivity contribution in [3.63, 3.8) is 0 Å². The minimum atomic E-state index is -0.894. The standard InChI is InChI=1S/C15H20O2/c1-11-8-9-13(15(2,3)4)10-12(11)6-5-7-14(16)17/h5,7-10H,6H2,1-4H3,(H,16,17)/b7-5+. The molecular formula is C15H20O2. The van der Waals surface area contributed by atoms with E-state index in [0.717, 1.165) is 0 Å². The largest absolute Gasteiger partial charge is 0.478 e. The van der Waals surface area contributed by atoms with Crippen LogP contribution in [0.1, 0.15) is 37.5 Å². The highest BCUT2D eigenvalue weighted by Gasteiger charge is 2.14. The van der Waals surface area contributed by atoms with Gasteiger partial charge < -0.3 is 5.11 Å². The fourth-order valence-electron chi connectivity index (χ4n) is 1.64. The summed E-state index contributed by atoms with van der Waals surface area (Å²) >= 11 is 0. The van der Waals surface area contributed by atoms with Crippen LogP contribution in [0.5, 0.6) is 0 Å². The summed E-state index contributed by atoms with van der Waals surface area (Å²) < 4.78 is 0. The monoisotopic (exact) mass is 232 g/mol. The Morgan fingerprint density at radius 2 is 2.00 bits per heavy atom. The molecule has 0 aromatic heterocycles. The van der Waals surface area contributed by atoms with Crippen molar-refractivity contribution in [3.8, 4) is 0 Å². The van der Waals surface area contributed by atoms with Gasteiger partial charge in [-0.25, -0.2) is 4.79 Å². The summed E-state index contributed by atoms with van der Waals surface area (Å²) in [7, 11) is 0. The molecule has 0 radical (unpaired) electrons. The van der Waals surface area contributed by atoms with Crippen LogP contribution in [0.15, 0.2) is 30.4 Å². The lowest BCUT2D eigenvalue weighted by Crippen LogP contribution is -2.11. The van der Waals surface area contributed by atoms with Crippen LogP contribution in [0, 0.1) is 6.92 Å². The van der Waals surface area contributed by atoms with Crippen LogP contribution in [-0.4, -0.2) is 11.1 Å². The highest BCUT2D eigenvalue weighted by molar-refractivity contribution is 5.79. The van der Waals surface area contributed by atoms with Crippen molar-refractivity contribution < 1.29 is 9.90 Å². The van der Waals surface area contributed by atoms with E-state index in [-0.39, 0.29) is 5.41 Å². The number of rotatable bonds is 3. The smallest absolute Gasteiger partial charge is 0.327 e. The van der Waals surface area contributed by atoms with Gasteiger partial charge in [0.25, 0.3) is 0 Å². The van der Waals surface area contributed by atoms with Crippen molar-refractivity contribution in [3.05, 3.63) is 47.0 Å². The molecule has 1 aromatic carbocycles. The number of hydrogen-bond acceptors (Lipinski definition) is 1. The molecule has 0 aliphatic carbocycles. The maximum atomic E-state index is 10.4. The van der Waals surface area contributed by atoms with Crippen LogP contribution in [-0.2, 0) is 16.6 Å². The van der Waals surface area contributed by atoms with Crippen LogP contribution in [0.3, 0.4) is 0 Å². The first kappa shape index (κ1) is 13.5. The minimum Gasteiger partial charge on any atom is -0.478 e. The molecule has 0 aliphatic rings. The summed E-state index contributed by atoms with van der Waals surface area (Å²) in [4.78, 5) is 10.4. The van der Waals surface area contributed by atoms with Gasteiger partial charge >= 0.3 is 5.97 Å². The number of carboxylic acids is 1. The zero-order valence-corrected chi connectivity index (χ0v) is 10.9. The van der Waals surface area contributed by atoms with Crippen molar-refractivity contribution in [2.75, 3.05) is 0 Å². The predicted octanol–water partition coefficient (Wildman–Crippen LogP) is 3.48.